The van der Waals surface area contributed by atoms with Crippen LogP contribution in [0.4, 0.5) is 9.18 Å². The van der Waals surface area contributed by atoms with Gasteiger partial charge in [0.05, 0.1) is 0 Å². The zero-order valence-corrected chi connectivity index (χ0v) is 5.51. The normalized spacial score (nSPS) is 26.7. The van der Waals surface area contributed by atoms with E-state index >= 15 is 0 Å². The van der Waals surface area contributed by atoms with Crippen molar-refractivity contribution in [3.8, 4) is 0 Å². The second kappa shape index (κ2) is 2.83. The van der Waals surface area contributed by atoms with Crippen LogP contribution in [0.15, 0.2) is 0 Å². The molecule has 1 fully saturated rings. The summed E-state index contributed by atoms with van der Waals surface area (Å²) in [6.07, 6.45) is -0.354. The van der Waals surface area contributed by atoms with Gasteiger partial charge in [0.1, 0.15) is 6.17 Å². The zero-order valence-electron chi connectivity index (χ0n) is 5.51. The fourth-order valence-corrected chi connectivity index (χ4v) is 0.975. The quantitative estimate of drug-likeness (QED) is 0.531. The molecule has 3 N–H and O–H groups in total. The molecule has 4 nitrogen and oxygen atoms in total. The minimum atomic E-state index is -0.827. The topological polar surface area (TPSA) is 58.4 Å². The van der Waals surface area contributed by atoms with Gasteiger partial charge in [0, 0.05) is 13.1 Å². The molecule has 0 aromatic rings. The van der Waals surface area contributed by atoms with Crippen molar-refractivity contribution in [2.24, 2.45) is 5.73 Å². The number of halogens is 1. The van der Waals surface area contributed by atoms with Crippen LogP contribution in [0.1, 0.15) is 6.42 Å². The van der Waals surface area contributed by atoms with Gasteiger partial charge in [-0.1, -0.05) is 0 Å². The van der Waals surface area contributed by atoms with Gasteiger partial charge in [0.2, 0.25) is 0 Å². The first-order chi connectivity index (χ1) is 4.68. The second-order valence-corrected chi connectivity index (χ2v) is 2.31. The van der Waals surface area contributed by atoms with Crippen LogP contribution in [0.25, 0.3) is 0 Å². The molecule has 1 rings (SSSR count). The van der Waals surface area contributed by atoms with Gasteiger partial charge >= 0.3 is 6.03 Å². The molecule has 1 saturated heterocycles. The lowest BCUT2D eigenvalue weighted by molar-refractivity contribution is 0.197. The summed E-state index contributed by atoms with van der Waals surface area (Å²) in [6, 6.07) is -0.630. The van der Waals surface area contributed by atoms with Crippen molar-refractivity contribution in [2.45, 2.75) is 12.6 Å². The van der Waals surface area contributed by atoms with Crippen molar-refractivity contribution in [1.29, 1.82) is 0 Å². The Balaban J connectivity index is 2.24. The molecule has 1 unspecified atom stereocenters. The monoisotopic (exact) mass is 147 g/mol. The van der Waals surface area contributed by atoms with Crippen molar-refractivity contribution in [3.63, 3.8) is 0 Å². The first-order valence-electron chi connectivity index (χ1n) is 3.13. The molecule has 1 aliphatic rings. The summed E-state index contributed by atoms with van der Waals surface area (Å²) in [6.45, 7) is 0.799. The van der Waals surface area contributed by atoms with Crippen LogP contribution in [-0.4, -0.2) is 30.3 Å². The molecule has 2 amide bonds. The van der Waals surface area contributed by atoms with E-state index in [0.29, 0.717) is 13.0 Å². The summed E-state index contributed by atoms with van der Waals surface area (Å²) in [5.41, 5.74) is 7.11. The van der Waals surface area contributed by atoms with Gasteiger partial charge in [-0.25, -0.2) is 14.2 Å². The highest BCUT2D eigenvalue weighted by Gasteiger charge is 2.21. The van der Waals surface area contributed by atoms with E-state index in [4.69, 9.17) is 5.73 Å². The summed E-state index contributed by atoms with van der Waals surface area (Å²) >= 11 is 0. The number of hydrogen-bond acceptors (Lipinski definition) is 2. The Kier molecular flexibility index (Phi) is 2.06. The number of carbonyl (C=O) groups is 1. The lowest BCUT2D eigenvalue weighted by Gasteiger charge is -2.13. The lowest BCUT2D eigenvalue weighted by atomic mass is 10.4. The highest BCUT2D eigenvalue weighted by atomic mass is 19.1. The Morgan fingerprint density at radius 2 is 2.50 bits per heavy atom. The molecular formula is C5H10FN3O. The number of hydrazine groups is 1. The molecule has 0 spiro atoms. The minimum absolute atomic E-state index is 0.253. The Hall–Kier alpha value is -0.840. The van der Waals surface area contributed by atoms with Crippen molar-refractivity contribution in [3.05, 3.63) is 0 Å². The number of hydrogen-bond donors (Lipinski definition) is 2. The smallest absolute Gasteiger partial charge is 0.326 e. The largest absolute Gasteiger partial charge is 0.351 e. The molecule has 0 aromatic carbocycles. The third kappa shape index (κ3) is 1.84. The number of rotatable bonds is 1. The molecule has 5 heteroatoms. The van der Waals surface area contributed by atoms with Crippen LogP contribution in [-0.2, 0) is 0 Å². The highest BCUT2D eigenvalue weighted by molar-refractivity contribution is 5.70. The molecule has 1 heterocycles. The number of nitrogens with zero attached hydrogens (tertiary/aromatic N) is 1. The summed E-state index contributed by atoms with van der Waals surface area (Å²) in [7, 11) is 0. The van der Waals surface area contributed by atoms with Gasteiger partial charge in [-0.2, -0.15) is 0 Å². The molecule has 0 aliphatic carbocycles. The molecule has 58 valence electrons. The van der Waals surface area contributed by atoms with Gasteiger partial charge in [-0.3, -0.25) is 5.43 Å². The van der Waals surface area contributed by atoms with E-state index in [0.717, 1.165) is 0 Å². The average Bonchev–Trinajstić information content (AvgIpc) is 2.13. The van der Waals surface area contributed by atoms with Gasteiger partial charge in [0.15, 0.2) is 0 Å². The molecule has 1 atom stereocenters. The van der Waals surface area contributed by atoms with Crippen LogP contribution in [0, 0.1) is 0 Å². The maximum Gasteiger partial charge on any atom is 0.326 e. The standard InChI is InChI=1S/C5H10FN3O/c6-4-1-2-9(3-4)8-5(7)10/h4H,1-3H2,(H3,7,8,10). The molecule has 1 aliphatic heterocycles. The summed E-state index contributed by atoms with van der Waals surface area (Å²) in [5, 5.41) is 1.48. The first kappa shape index (κ1) is 7.27. The number of urea groups is 1. The van der Waals surface area contributed by atoms with Crippen LogP contribution in [0.3, 0.4) is 0 Å². The van der Waals surface area contributed by atoms with Crippen molar-refractivity contribution in [1.82, 2.24) is 10.4 Å². The SMILES string of the molecule is NC(=O)NN1CCC(F)C1. The molecule has 0 radical (unpaired) electrons. The van der Waals surface area contributed by atoms with E-state index in [-0.39, 0.29) is 6.54 Å². The molecule has 0 bridgehead atoms. The van der Waals surface area contributed by atoms with Crippen LogP contribution in [0.2, 0.25) is 0 Å². The maximum absolute atomic E-state index is 12.4. The predicted octanol–water partition coefficient (Wildman–Crippen LogP) is -0.387. The maximum atomic E-state index is 12.4. The fourth-order valence-electron chi connectivity index (χ4n) is 0.975. The van der Waals surface area contributed by atoms with E-state index in [1.54, 1.807) is 0 Å². The van der Waals surface area contributed by atoms with Crippen molar-refractivity contribution in [2.75, 3.05) is 13.1 Å². The summed E-state index contributed by atoms with van der Waals surface area (Å²) < 4.78 is 12.4. The number of nitrogens with one attached hydrogen (secondary N) is 1. The third-order valence-electron chi connectivity index (χ3n) is 1.40. The highest BCUT2D eigenvalue weighted by Crippen LogP contribution is 2.08. The van der Waals surface area contributed by atoms with Crippen molar-refractivity contribution < 1.29 is 9.18 Å². The Bertz CT molecular complexity index is 141. The van der Waals surface area contributed by atoms with E-state index < -0.39 is 12.2 Å². The number of alkyl halides is 1. The van der Waals surface area contributed by atoms with E-state index in [1.165, 1.54) is 5.01 Å². The fraction of sp³-hybridized carbons (Fsp3) is 0.800. The Morgan fingerprint density at radius 3 is 2.90 bits per heavy atom. The van der Waals surface area contributed by atoms with E-state index in [2.05, 4.69) is 5.43 Å². The third-order valence-corrected chi connectivity index (χ3v) is 1.40. The molecule has 0 saturated carbocycles. The van der Waals surface area contributed by atoms with Gasteiger partial charge in [-0.15, -0.1) is 0 Å². The Morgan fingerprint density at radius 1 is 1.80 bits per heavy atom. The average molecular weight is 147 g/mol. The first-order valence-corrected chi connectivity index (χ1v) is 3.13. The van der Waals surface area contributed by atoms with Crippen molar-refractivity contribution >= 4 is 6.03 Å². The van der Waals surface area contributed by atoms with E-state index in [1.807, 2.05) is 0 Å². The Labute approximate surface area is 58.1 Å². The van der Waals surface area contributed by atoms with Crippen LogP contribution >= 0.6 is 0 Å². The number of carbonyl (C=O) groups excluding carboxylic acids is 1. The van der Waals surface area contributed by atoms with Crippen LogP contribution < -0.4 is 11.2 Å². The molecule has 10 heavy (non-hydrogen) atoms. The van der Waals surface area contributed by atoms with Crippen LogP contribution in [0.5, 0.6) is 0 Å². The summed E-state index contributed by atoms with van der Waals surface area (Å²) in [4.78, 5) is 10.2. The minimum Gasteiger partial charge on any atom is -0.351 e. The van der Waals surface area contributed by atoms with Gasteiger partial charge in [0.25, 0.3) is 0 Å². The molecular weight excluding hydrogens is 137 g/mol. The second-order valence-electron chi connectivity index (χ2n) is 2.31. The predicted molar refractivity (Wildman–Crippen MR) is 33.8 cm³/mol. The molecule has 0 aromatic heterocycles. The lowest BCUT2D eigenvalue weighted by Crippen LogP contribution is -2.43. The zero-order chi connectivity index (χ0) is 7.56. The summed E-state index contributed by atoms with van der Waals surface area (Å²) in [5.74, 6) is 0. The van der Waals surface area contributed by atoms with Gasteiger partial charge < -0.3 is 5.73 Å². The van der Waals surface area contributed by atoms with Gasteiger partial charge in [-0.05, 0) is 6.42 Å². The number of amides is 2. The van der Waals surface area contributed by atoms with E-state index in [9.17, 15) is 9.18 Å². The number of nitrogens with two attached hydrogens (primary N) is 1. The number of primary amides is 1.